The summed E-state index contributed by atoms with van der Waals surface area (Å²) in [7, 11) is 0. The van der Waals surface area contributed by atoms with Gasteiger partial charge in [0.15, 0.2) is 0 Å². The van der Waals surface area contributed by atoms with Gasteiger partial charge in [-0.25, -0.2) is 0 Å². The number of amides is 1. The van der Waals surface area contributed by atoms with Crippen molar-refractivity contribution in [2.24, 2.45) is 0 Å². The second kappa shape index (κ2) is 2.95. The molecule has 1 aromatic rings. The van der Waals surface area contributed by atoms with E-state index in [1.165, 1.54) is 0 Å². The fraction of sp³-hybridized carbons (Fsp3) is 0.400. The molecule has 1 aliphatic heterocycles. The third-order valence-electron chi connectivity index (χ3n) is 2.89. The smallest absolute Gasteiger partial charge is 0.265 e. The minimum Gasteiger partial charge on any atom is -0.348 e. The number of fused-ring (bicyclic) bond motifs is 1. The lowest BCUT2D eigenvalue weighted by atomic mass is 10.2. The summed E-state index contributed by atoms with van der Waals surface area (Å²) >= 11 is 3.28. The molecule has 0 aromatic carbocycles. The van der Waals surface area contributed by atoms with E-state index in [9.17, 15) is 9.59 Å². The van der Waals surface area contributed by atoms with Crippen LogP contribution < -0.4 is 10.9 Å². The Morgan fingerprint density at radius 2 is 2.13 bits per heavy atom. The van der Waals surface area contributed by atoms with Crippen LogP contribution in [-0.2, 0) is 6.54 Å². The molecule has 1 amide bonds. The van der Waals surface area contributed by atoms with E-state index in [2.05, 4.69) is 21.2 Å². The van der Waals surface area contributed by atoms with Gasteiger partial charge in [0.2, 0.25) is 0 Å². The molecular formula is C10H9BrN2O2. The summed E-state index contributed by atoms with van der Waals surface area (Å²) in [5.74, 6) is -0.0832. The van der Waals surface area contributed by atoms with Gasteiger partial charge in [-0.3, -0.25) is 9.59 Å². The maximum absolute atomic E-state index is 11.9. The summed E-state index contributed by atoms with van der Waals surface area (Å²) in [4.78, 5) is 23.4. The van der Waals surface area contributed by atoms with Crippen LogP contribution in [0.1, 0.15) is 34.8 Å². The van der Waals surface area contributed by atoms with Crippen LogP contribution in [0.5, 0.6) is 0 Å². The molecule has 5 heteroatoms. The van der Waals surface area contributed by atoms with Crippen LogP contribution >= 0.6 is 15.9 Å². The molecule has 0 saturated heterocycles. The molecule has 1 N–H and O–H groups in total. The quantitative estimate of drug-likeness (QED) is 0.832. The molecule has 1 aliphatic carbocycles. The van der Waals surface area contributed by atoms with Gasteiger partial charge in [0.05, 0.1) is 10.0 Å². The van der Waals surface area contributed by atoms with Gasteiger partial charge in [0.25, 0.3) is 11.5 Å². The van der Waals surface area contributed by atoms with Gasteiger partial charge in [-0.15, -0.1) is 0 Å². The normalized spacial score (nSPS) is 18.9. The first kappa shape index (κ1) is 9.15. The molecule has 0 bridgehead atoms. The SMILES string of the molecule is O=C1NCc2c1cn(C1CC1)c(=O)c2Br. The van der Waals surface area contributed by atoms with E-state index < -0.39 is 0 Å². The summed E-state index contributed by atoms with van der Waals surface area (Å²) in [6.07, 6.45) is 3.77. The minimum atomic E-state index is -0.0832. The van der Waals surface area contributed by atoms with Gasteiger partial charge < -0.3 is 9.88 Å². The van der Waals surface area contributed by atoms with Crippen LogP contribution in [0, 0.1) is 0 Å². The Kier molecular flexibility index (Phi) is 1.80. The van der Waals surface area contributed by atoms with Crippen molar-refractivity contribution in [3.63, 3.8) is 0 Å². The third-order valence-corrected chi connectivity index (χ3v) is 3.71. The summed E-state index contributed by atoms with van der Waals surface area (Å²) in [5.41, 5.74) is 1.41. The molecule has 0 unspecified atom stereocenters. The first-order valence-electron chi connectivity index (χ1n) is 4.90. The zero-order valence-electron chi connectivity index (χ0n) is 7.92. The lowest BCUT2D eigenvalue weighted by Crippen LogP contribution is -2.21. The van der Waals surface area contributed by atoms with Crippen molar-refractivity contribution in [2.75, 3.05) is 0 Å². The van der Waals surface area contributed by atoms with Crippen LogP contribution in [0.2, 0.25) is 0 Å². The Balaban J connectivity index is 2.28. The summed E-state index contributed by atoms with van der Waals surface area (Å²) in [6, 6.07) is 0.299. The third kappa shape index (κ3) is 1.26. The maximum atomic E-state index is 11.9. The summed E-state index contributed by atoms with van der Waals surface area (Å²) < 4.78 is 2.21. The number of pyridine rings is 1. The molecule has 4 nitrogen and oxygen atoms in total. The Hall–Kier alpha value is -1.10. The Morgan fingerprint density at radius 3 is 2.80 bits per heavy atom. The van der Waals surface area contributed by atoms with E-state index in [0.717, 1.165) is 18.4 Å². The minimum absolute atomic E-state index is 0.0206. The lowest BCUT2D eigenvalue weighted by Gasteiger charge is -2.07. The monoisotopic (exact) mass is 268 g/mol. The van der Waals surface area contributed by atoms with Gasteiger partial charge in [0.1, 0.15) is 0 Å². The van der Waals surface area contributed by atoms with Crippen molar-refractivity contribution >= 4 is 21.8 Å². The predicted octanol–water partition coefficient (Wildman–Crippen LogP) is 1.19. The van der Waals surface area contributed by atoms with Gasteiger partial charge in [-0.05, 0) is 28.8 Å². The van der Waals surface area contributed by atoms with E-state index in [4.69, 9.17) is 0 Å². The lowest BCUT2D eigenvalue weighted by molar-refractivity contribution is 0.0965. The Labute approximate surface area is 94.4 Å². The average molecular weight is 269 g/mol. The van der Waals surface area contributed by atoms with E-state index in [1.54, 1.807) is 10.8 Å². The van der Waals surface area contributed by atoms with Crippen LogP contribution in [0.4, 0.5) is 0 Å². The Bertz CT molecular complexity index is 517. The number of nitrogens with one attached hydrogen (secondary N) is 1. The Morgan fingerprint density at radius 1 is 1.40 bits per heavy atom. The highest BCUT2D eigenvalue weighted by molar-refractivity contribution is 9.10. The highest BCUT2D eigenvalue weighted by Crippen LogP contribution is 2.35. The van der Waals surface area contributed by atoms with E-state index in [1.807, 2.05) is 0 Å². The second-order valence-corrected chi connectivity index (χ2v) is 4.75. The fourth-order valence-electron chi connectivity index (χ4n) is 1.89. The van der Waals surface area contributed by atoms with Crippen molar-refractivity contribution in [3.8, 4) is 0 Å². The average Bonchev–Trinajstić information content (AvgIpc) is 2.98. The first-order chi connectivity index (χ1) is 7.18. The number of nitrogens with zero attached hydrogens (tertiary/aromatic N) is 1. The second-order valence-electron chi connectivity index (χ2n) is 3.96. The highest BCUT2D eigenvalue weighted by Gasteiger charge is 2.30. The number of carbonyl (C=O) groups is 1. The molecular weight excluding hydrogens is 260 g/mol. The van der Waals surface area contributed by atoms with Gasteiger partial charge in [0, 0.05) is 24.3 Å². The molecule has 0 spiro atoms. The molecule has 2 heterocycles. The summed E-state index contributed by atoms with van der Waals surface area (Å²) in [5, 5.41) is 2.72. The topological polar surface area (TPSA) is 51.1 Å². The number of carbonyl (C=O) groups excluding carboxylic acids is 1. The van der Waals surface area contributed by atoms with Gasteiger partial charge >= 0.3 is 0 Å². The fourth-order valence-corrected chi connectivity index (χ4v) is 2.45. The van der Waals surface area contributed by atoms with E-state index in [-0.39, 0.29) is 11.5 Å². The van der Waals surface area contributed by atoms with Crippen molar-refractivity contribution < 1.29 is 4.79 Å². The molecule has 3 rings (SSSR count). The van der Waals surface area contributed by atoms with Crippen LogP contribution in [0.15, 0.2) is 15.5 Å². The van der Waals surface area contributed by atoms with Crippen molar-refractivity contribution in [3.05, 3.63) is 32.2 Å². The molecule has 2 aliphatic rings. The number of halogens is 1. The van der Waals surface area contributed by atoms with Crippen LogP contribution in [-0.4, -0.2) is 10.5 Å². The largest absolute Gasteiger partial charge is 0.348 e. The molecule has 1 fully saturated rings. The van der Waals surface area contributed by atoms with Gasteiger partial charge in [-0.1, -0.05) is 0 Å². The van der Waals surface area contributed by atoms with Crippen molar-refractivity contribution in [2.45, 2.75) is 25.4 Å². The number of hydrogen-bond donors (Lipinski definition) is 1. The molecule has 0 atom stereocenters. The van der Waals surface area contributed by atoms with Crippen molar-refractivity contribution in [1.82, 2.24) is 9.88 Å². The number of hydrogen-bond acceptors (Lipinski definition) is 2. The zero-order valence-corrected chi connectivity index (χ0v) is 9.50. The molecule has 0 radical (unpaired) electrons. The molecule has 1 aromatic heterocycles. The standard InChI is InChI=1S/C10H9BrN2O2/c11-8-6-3-12-9(14)7(6)4-13(10(8)15)5-1-2-5/h4-5H,1-3H2,(H,12,14). The number of aromatic nitrogens is 1. The van der Waals surface area contributed by atoms with Crippen LogP contribution in [0.3, 0.4) is 0 Å². The molecule has 1 saturated carbocycles. The van der Waals surface area contributed by atoms with E-state index >= 15 is 0 Å². The predicted molar refractivity (Wildman–Crippen MR) is 57.8 cm³/mol. The summed E-state index contributed by atoms with van der Waals surface area (Å²) in [6.45, 7) is 0.454. The molecule has 15 heavy (non-hydrogen) atoms. The van der Waals surface area contributed by atoms with Gasteiger partial charge in [-0.2, -0.15) is 0 Å². The maximum Gasteiger partial charge on any atom is 0.265 e. The first-order valence-corrected chi connectivity index (χ1v) is 5.69. The van der Waals surface area contributed by atoms with Crippen LogP contribution in [0.25, 0.3) is 0 Å². The van der Waals surface area contributed by atoms with Crippen molar-refractivity contribution in [1.29, 1.82) is 0 Å². The molecule has 78 valence electrons. The zero-order chi connectivity index (χ0) is 10.6. The van der Waals surface area contributed by atoms with E-state index in [0.29, 0.717) is 22.6 Å². The number of rotatable bonds is 1. The highest BCUT2D eigenvalue weighted by atomic mass is 79.9.